The van der Waals surface area contributed by atoms with Crippen molar-refractivity contribution in [2.24, 2.45) is 0 Å². The van der Waals surface area contributed by atoms with Gasteiger partial charge < -0.3 is 15.2 Å². The third kappa shape index (κ3) is 6.54. The van der Waals surface area contributed by atoms with Crippen LogP contribution < -0.4 is 5.32 Å². The molecule has 1 unspecified atom stereocenters. The Kier molecular flexibility index (Phi) is 7.63. The van der Waals surface area contributed by atoms with Crippen LogP contribution in [0, 0.1) is 0 Å². The van der Waals surface area contributed by atoms with Gasteiger partial charge in [-0.3, -0.25) is 4.79 Å². The van der Waals surface area contributed by atoms with Crippen LogP contribution in [0.2, 0.25) is 0 Å². The van der Waals surface area contributed by atoms with Gasteiger partial charge in [-0.25, -0.2) is 0 Å². The molecular weight excluding hydrogens is 170 g/mol. The van der Waals surface area contributed by atoms with Gasteiger partial charge in [-0.2, -0.15) is 0 Å². The molecule has 0 aliphatic carbocycles. The van der Waals surface area contributed by atoms with Crippen molar-refractivity contribution in [3.63, 3.8) is 0 Å². The first-order chi connectivity index (χ1) is 6.22. The molecule has 13 heavy (non-hydrogen) atoms. The summed E-state index contributed by atoms with van der Waals surface area (Å²) in [6, 6.07) is -0.426. The highest BCUT2D eigenvalue weighted by Gasteiger charge is 2.14. The third-order valence-corrected chi connectivity index (χ3v) is 1.72. The molecule has 0 amide bonds. The molecule has 0 aromatic carbocycles. The predicted octanol–water partition coefficient (Wildman–Crippen LogP) is 0.866. The van der Waals surface area contributed by atoms with Crippen molar-refractivity contribution in [2.45, 2.75) is 32.7 Å². The molecular formula is C9H19NO3. The highest BCUT2D eigenvalue weighted by atomic mass is 16.5. The highest BCUT2D eigenvalue weighted by molar-refractivity contribution is 5.73. The first-order valence-electron chi connectivity index (χ1n) is 4.76. The van der Waals surface area contributed by atoms with E-state index in [1.54, 1.807) is 0 Å². The number of carboxylic acid groups (broad SMARTS) is 1. The number of ether oxygens (including phenoxy) is 1. The summed E-state index contributed by atoms with van der Waals surface area (Å²) in [5.74, 6) is -0.779. The van der Waals surface area contributed by atoms with E-state index >= 15 is 0 Å². The van der Waals surface area contributed by atoms with E-state index in [0.717, 1.165) is 6.42 Å². The molecule has 0 saturated carbocycles. The van der Waals surface area contributed by atoms with Crippen molar-refractivity contribution in [3.8, 4) is 0 Å². The van der Waals surface area contributed by atoms with Gasteiger partial charge in [-0.05, 0) is 13.3 Å². The molecule has 0 aromatic heterocycles. The van der Waals surface area contributed by atoms with Crippen LogP contribution >= 0.6 is 0 Å². The van der Waals surface area contributed by atoms with E-state index in [1.165, 1.54) is 0 Å². The van der Waals surface area contributed by atoms with E-state index in [-0.39, 0.29) is 0 Å². The van der Waals surface area contributed by atoms with E-state index in [2.05, 4.69) is 5.32 Å². The maximum absolute atomic E-state index is 10.6. The van der Waals surface area contributed by atoms with Crippen LogP contribution in [0.1, 0.15) is 26.7 Å². The molecule has 78 valence electrons. The van der Waals surface area contributed by atoms with Crippen LogP contribution in [0.4, 0.5) is 0 Å². The lowest BCUT2D eigenvalue weighted by atomic mass is 10.2. The fourth-order valence-corrected chi connectivity index (χ4v) is 1.05. The largest absolute Gasteiger partial charge is 0.480 e. The zero-order valence-corrected chi connectivity index (χ0v) is 8.38. The lowest BCUT2D eigenvalue weighted by molar-refractivity contribution is -0.139. The van der Waals surface area contributed by atoms with Gasteiger partial charge in [0.2, 0.25) is 0 Å². The third-order valence-electron chi connectivity index (χ3n) is 1.72. The van der Waals surface area contributed by atoms with Gasteiger partial charge in [-0.15, -0.1) is 0 Å². The minimum absolute atomic E-state index is 0.426. The van der Waals surface area contributed by atoms with Crippen LogP contribution in [-0.2, 0) is 9.53 Å². The zero-order chi connectivity index (χ0) is 10.1. The summed E-state index contributed by atoms with van der Waals surface area (Å²) in [6.07, 6.45) is 1.54. The fraction of sp³-hybridized carbons (Fsp3) is 0.889. The van der Waals surface area contributed by atoms with Crippen molar-refractivity contribution in [3.05, 3.63) is 0 Å². The van der Waals surface area contributed by atoms with Crippen molar-refractivity contribution in [1.29, 1.82) is 0 Å². The number of rotatable bonds is 8. The first-order valence-corrected chi connectivity index (χ1v) is 4.76. The summed E-state index contributed by atoms with van der Waals surface area (Å²) < 4.78 is 5.09. The Morgan fingerprint density at radius 1 is 1.54 bits per heavy atom. The summed E-state index contributed by atoms with van der Waals surface area (Å²) in [6.45, 7) is 5.74. The van der Waals surface area contributed by atoms with E-state index in [4.69, 9.17) is 9.84 Å². The van der Waals surface area contributed by atoms with Crippen LogP contribution in [0.25, 0.3) is 0 Å². The Morgan fingerprint density at radius 2 is 2.23 bits per heavy atom. The molecule has 0 bridgehead atoms. The minimum Gasteiger partial charge on any atom is -0.480 e. The lowest BCUT2D eigenvalue weighted by Crippen LogP contribution is -2.38. The highest BCUT2D eigenvalue weighted by Crippen LogP contribution is 1.95. The molecule has 4 nitrogen and oxygen atoms in total. The Hall–Kier alpha value is -0.610. The number of hydrogen-bond acceptors (Lipinski definition) is 3. The van der Waals surface area contributed by atoms with E-state index in [0.29, 0.717) is 26.2 Å². The molecule has 4 heteroatoms. The molecule has 0 aliphatic rings. The Labute approximate surface area is 79.3 Å². The normalized spacial score (nSPS) is 12.8. The van der Waals surface area contributed by atoms with E-state index < -0.39 is 12.0 Å². The molecule has 2 N–H and O–H groups in total. The number of carbonyl (C=O) groups is 1. The molecule has 0 aromatic rings. The van der Waals surface area contributed by atoms with Gasteiger partial charge >= 0.3 is 5.97 Å². The van der Waals surface area contributed by atoms with Crippen molar-refractivity contribution >= 4 is 5.97 Å². The summed E-state index contributed by atoms with van der Waals surface area (Å²) >= 11 is 0. The standard InChI is InChI=1S/C9H19NO3/c1-3-5-8(9(11)12)10-6-7-13-4-2/h8,10H,3-7H2,1-2H3,(H,11,12). The van der Waals surface area contributed by atoms with E-state index in [9.17, 15) is 4.79 Å². The molecule has 0 saturated heterocycles. The van der Waals surface area contributed by atoms with Crippen molar-refractivity contribution in [2.75, 3.05) is 19.8 Å². The summed E-state index contributed by atoms with van der Waals surface area (Å²) in [5.41, 5.74) is 0. The molecule has 1 atom stereocenters. The first kappa shape index (κ1) is 12.4. The second-order valence-electron chi connectivity index (χ2n) is 2.83. The smallest absolute Gasteiger partial charge is 0.320 e. The monoisotopic (exact) mass is 189 g/mol. The number of hydrogen-bond donors (Lipinski definition) is 2. The average Bonchev–Trinajstić information content (AvgIpc) is 2.10. The second kappa shape index (κ2) is 8.01. The van der Waals surface area contributed by atoms with Crippen molar-refractivity contribution in [1.82, 2.24) is 5.32 Å². The predicted molar refractivity (Wildman–Crippen MR) is 50.8 cm³/mol. The summed E-state index contributed by atoms with van der Waals surface area (Å²) in [7, 11) is 0. The average molecular weight is 189 g/mol. The molecule has 0 fully saturated rings. The lowest BCUT2D eigenvalue weighted by Gasteiger charge is -2.12. The quantitative estimate of drug-likeness (QED) is 0.556. The maximum Gasteiger partial charge on any atom is 0.320 e. The molecule has 0 aliphatic heterocycles. The van der Waals surface area contributed by atoms with Gasteiger partial charge in [0.05, 0.1) is 6.61 Å². The number of aliphatic carboxylic acids is 1. The maximum atomic E-state index is 10.6. The Balaban J connectivity index is 3.51. The van der Waals surface area contributed by atoms with Gasteiger partial charge in [-0.1, -0.05) is 13.3 Å². The van der Waals surface area contributed by atoms with Gasteiger partial charge in [0.1, 0.15) is 6.04 Å². The van der Waals surface area contributed by atoms with Crippen molar-refractivity contribution < 1.29 is 14.6 Å². The summed E-state index contributed by atoms with van der Waals surface area (Å²) in [4.78, 5) is 10.6. The number of nitrogens with one attached hydrogen (secondary N) is 1. The Bertz CT molecular complexity index is 139. The zero-order valence-electron chi connectivity index (χ0n) is 8.38. The SMILES string of the molecule is CCCC(NCCOCC)C(=O)O. The fourth-order valence-electron chi connectivity index (χ4n) is 1.05. The second-order valence-corrected chi connectivity index (χ2v) is 2.83. The van der Waals surface area contributed by atoms with Crippen LogP contribution in [-0.4, -0.2) is 36.9 Å². The topological polar surface area (TPSA) is 58.6 Å². The molecule has 0 rings (SSSR count). The molecule has 0 spiro atoms. The van der Waals surface area contributed by atoms with Gasteiger partial charge in [0, 0.05) is 13.2 Å². The van der Waals surface area contributed by atoms with Crippen LogP contribution in [0.5, 0.6) is 0 Å². The molecule has 0 radical (unpaired) electrons. The van der Waals surface area contributed by atoms with Crippen LogP contribution in [0.3, 0.4) is 0 Å². The van der Waals surface area contributed by atoms with Gasteiger partial charge in [0.25, 0.3) is 0 Å². The van der Waals surface area contributed by atoms with Crippen LogP contribution in [0.15, 0.2) is 0 Å². The number of carboxylic acids is 1. The Morgan fingerprint density at radius 3 is 2.69 bits per heavy atom. The van der Waals surface area contributed by atoms with Gasteiger partial charge in [0.15, 0.2) is 0 Å². The molecule has 0 heterocycles. The summed E-state index contributed by atoms with van der Waals surface area (Å²) in [5, 5.41) is 11.7. The minimum atomic E-state index is -0.779. The van der Waals surface area contributed by atoms with E-state index in [1.807, 2.05) is 13.8 Å².